The summed E-state index contributed by atoms with van der Waals surface area (Å²) in [5, 5.41) is 5.65. The highest BCUT2D eigenvalue weighted by molar-refractivity contribution is 7.09. The van der Waals surface area contributed by atoms with Crippen LogP contribution in [0, 0.1) is 5.41 Å². The van der Waals surface area contributed by atoms with Crippen LogP contribution in [0.25, 0.3) is 0 Å². The van der Waals surface area contributed by atoms with Gasteiger partial charge in [0.1, 0.15) is 0 Å². The van der Waals surface area contributed by atoms with Crippen LogP contribution in [0.4, 0.5) is 0 Å². The number of methoxy groups -OCH3 is 1. The third-order valence-corrected chi connectivity index (χ3v) is 3.95. The van der Waals surface area contributed by atoms with Gasteiger partial charge in [-0.15, -0.1) is 11.3 Å². The van der Waals surface area contributed by atoms with Crippen LogP contribution in [0.1, 0.15) is 17.7 Å². The Hall–Kier alpha value is -0.380. The van der Waals surface area contributed by atoms with Gasteiger partial charge in [0.2, 0.25) is 0 Å². The molecule has 1 aliphatic rings. The van der Waals surface area contributed by atoms with Crippen molar-refractivity contribution in [3.05, 3.63) is 22.4 Å². The highest BCUT2D eigenvalue weighted by atomic mass is 32.1. The maximum atomic E-state index is 5.02. The fraction of sp³-hybridized carbons (Fsp3) is 0.667. The summed E-state index contributed by atoms with van der Waals surface area (Å²) in [6.07, 6.45) is 4.01. The first-order valence-corrected chi connectivity index (χ1v) is 6.45. The van der Waals surface area contributed by atoms with Crippen molar-refractivity contribution in [1.82, 2.24) is 5.32 Å². The fourth-order valence-corrected chi connectivity index (χ4v) is 2.78. The highest BCUT2D eigenvalue weighted by Crippen LogP contribution is 2.48. The molecule has 2 nitrogen and oxygen atoms in total. The molecule has 1 aliphatic carbocycles. The highest BCUT2D eigenvalue weighted by Gasteiger charge is 2.42. The lowest BCUT2D eigenvalue weighted by atomic mass is 10.0. The van der Waals surface area contributed by atoms with Crippen molar-refractivity contribution in [2.75, 3.05) is 26.8 Å². The van der Waals surface area contributed by atoms with Crippen molar-refractivity contribution >= 4 is 11.3 Å². The predicted octanol–water partition coefficient (Wildman–Crippen LogP) is 2.31. The van der Waals surface area contributed by atoms with E-state index in [1.807, 2.05) is 11.3 Å². The number of nitrogens with one attached hydrogen (secondary N) is 1. The predicted molar refractivity (Wildman–Crippen MR) is 64.4 cm³/mol. The first kappa shape index (κ1) is 11.1. The second kappa shape index (κ2) is 5.10. The van der Waals surface area contributed by atoms with Gasteiger partial charge in [0, 0.05) is 25.1 Å². The van der Waals surface area contributed by atoms with Crippen LogP contribution in [-0.4, -0.2) is 26.8 Å². The molecule has 0 unspecified atom stereocenters. The van der Waals surface area contributed by atoms with Crippen LogP contribution in [-0.2, 0) is 11.2 Å². The van der Waals surface area contributed by atoms with E-state index in [-0.39, 0.29) is 0 Å². The summed E-state index contributed by atoms with van der Waals surface area (Å²) in [6.45, 7) is 2.94. The minimum Gasteiger partial charge on any atom is -0.383 e. The van der Waals surface area contributed by atoms with Crippen molar-refractivity contribution in [2.45, 2.75) is 19.3 Å². The molecule has 2 rings (SSSR count). The number of thiophene rings is 1. The third kappa shape index (κ3) is 3.30. The molecule has 1 N–H and O–H groups in total. The van der Waals surface area contributed by atoms with E-state index in [1.165, 1.54) is 24.1 Å². The van der Waals surface area contributed by atoms with E-state index >= 15 is 0 Å². The van der Waals surface area contributed by atoms with Gasteiger partial charge in [-0.2, -0.15) is 0 Å². The summed E-state index contributed by atoms with van der Waals surface area (Å²) in [7, 11) is 1.75. The largest absolute Gasteiger partial charge is 0.383 e. The molecule has 3 heteroatoms. The van der Waals surface area contributed by atoms with Gasteiger partial charge in [0.05, 0.1) is 6.61 Å². The Balaban J connectivity index is 1.71. The Kier molecular flexibility index (Phi) is 3.78. The van der Waals surface area contributed by atoms with Crippen LogP contribution >= 0.6 is 11.3 Å². The first-order chi connectivity index (χ1) is 7.35. The van der Waals surface area contributed by atoms with E-state index < -0.39 is 0 Å². The van der Waals surface area contributed by atoms with E-state index in [4.69, 9.17) is 4.74 Å². The molecule has 1 aromatic rings. The molecule has 0 saturated heterocycles. The van der Waals surface area contributed by atoms with Gasteiger partial charge in [-0.1, -0.05) is 6.07 Å². The Bertz CT molecular complexity index is 280. The average molecular weight is 225 g/mol. The Morgan fingerprint density at radius 1 is 1.53 bits per heavy atom. The van der Waals surface area contributed by atoms with E-state index in [0.717, 1.165) is 19.7 Å². The summed E-state index contributed by atoms with van der Waals surface area (Å²) in [5.41, 5.74) is 0.568. The summed E-state index contributed by atoms with van der Waals surface area (Å²) in [4.78, 5) is 1.53. The summed E-state index contributed by atoms with van der Waals surface area (Å²) in [5.74, 6) is 0. The summed E-state index contributed by atoms with van der Waals surface area (Å²) >= 11 is 1.88. The molecule has 0 aliphatic heterocycles. The molecule has 0 atom stereocenters. The minimum absolute atomic E-state index is 0.568. The number of ether oxygens (including phenoxy) is 1. The number of rotatable bonds is 7. The zero-order chi connectivity index (χ0) is 10.6. The molecular formula is C12H19NOS. The van der Waals surface area contributed by atoms with Gasteiger partial charge in [0.15, 0.2) is 0 Å². The smallest absolute Gasteiger partial charge is 0.0587 e. The molecule has 0 radical (unpaired) electrons. The zero-order valence-electron chi connectivity index (χ0n) is 9.29. The van der Waals surface area contributed by atoms with Gasteiger partial charge in [-0.05, 0) is 36.1 Å². The molecule has 1 fully saturated rings. The third-order valence-electron chi connectivity index (χ3n) is 3.07. The topological polar surface area (TPSA) is 21.3 Å². The van der Waals surface area contributed by atoms with E-state index in [2.05, 4.69) is 22.8 Å². The lowest BCUT2D eigenvalue weighted by Crippen LogP contribution is -2.28. The SMILES string of the molecule is COCCNCC1(Cc2cccs2)CC1. The number of hydrogen-bond donors (Lipinski definition) is 1. The second-order valence-corrected chi connectivity index (χ2v) is 5.46. The van der Waals surface area contributed by atoms with Crippen LogP contribution in [0.2, 0.25) is 0 Å². The van der Waals surface area contributed by atoms with Gasteiger partial charge < -0.3 is 10.1 Å². The Morgan fingerprint density at radius 3 is 3.00 bits per heavy atom. The first-order valence-electron chi connectivity index (χ1n) is 5.57. The maximum Gasteiger partial charge on any atom is 0.0587 e. The van der Waals surface area contributed by atoms with Gasteiger partial charge in [-0.3, -0.25) is 0 Å². The van der Waals surface area contributed by atoms with E-state index in [1.54, 1.807) is 7.11 Å². The van der Waals surface area contributed by atoms with Gasteiger partial charge in [-0.25, -0.2) is 0 Å². The van der Waals surface area contributed by atoms with Gasteiger partial charge >= 0.3 is 0 Å². The normalized spacial score (nSPS) is 17.9. The molecule has 0 bridgehead atoms. The summed E-state index contributed by atoms with van der Waals surface area (Å²) < 4.78 is 5.02. The maximum absolute atomic E-state index is 5.02. The molecule has 1 aromatic heterocycles. The lowest BCUT2D eigenvalue weighted by Gasteiger charge is -2.14. The quantitative estimate of drug-likeness (QED) is 0.719. The number of hydrogen-bond acceptors (Lipinski definition) is 3. The standard InChI is InChI=1S/C12H19NOS/c1-14-7-6-13-10-12(4-5-12)9-11-3-2-8-15-11/h2-3,8,13H,4-7,9-10H2,1H3. The molecule has 0 amide bonds. The molecule has 0 spiro atoms. The molecule has 1 heterocycles. The molecule has 0 aromatic carbocycles. The fourth-order valence-electron chi connectivity index (χ4n) is 1.90. The Morgan fingerprint density at radius 2 is 2.40 bits per heavy atom. The lowest BCUT2D eigenvalue weighted by molar-refractivity contribution is 0.197. The van der Waals surface area contributed by atoms with Crippen molar-refractivity contribution in [1.29, 1.82) is 0 Å². The van der Waals surface area contributed by atoms with Crippen molar-refractivity contribution in [3.8, 4) is 0 Å². The van der Waals surface area contributed by atoms with Gasteiger partial charge in [0.25, 0.3) is 0 Å². The molecule has 84 valence electrons. The molecule has 15 heavy (non-hydrogen) atoms. The summed E-state index contributed by atoms with van der Waals surface area (Å²) in [6, 6.07) is 4.40. The van der Waals surface area contributed by atoms with Crippen molar-refractivity contribution in [2.24, 2.45) is 5.41 Å². The second-order valence-electron chi connectivity index (χ2n) is 4.43. The molecule has 1 saturated carbocycles. The zero-order valence-corrected chi connectivity index (χ0v) is 10.1. The van der Waals surface area contributed by atoms with E-state index in [0.29, 0.717) is 5.41 Å². The minimum atomic E-state index is 0.568. The van der Waals surface area contributed by atoms with Crippen molar-refractivity contribution < 1.29 is 4.74 Å². The van der Waals surface area contributed by atoms with Crippen LogP contribution in [0.3, 0.4) is 0 Å². The van der Waals surface area contributed by atoms with Crippen LogP contribution in [0.5, 0.6) is 0 Å². The average Bonchev–Trinajstić information content (AvgIpc) is 2.79. The van der Waals surface area contributed by atoms with Crippen molar-refractivity contribution in [3.63, 3.8) is 0 Å². The van der Waals surface area contributed by atoms with Crippen LogP contribution in [0.15, 0.2) is 17.5 Å². The molecular weight excluding hydrogens is 206 g/mol. The van der Waals surface area contributed by atoms with E-state index in [9.17, 15) is 0 Å². The van der Waals surface area contributed by atoms with Crippen LogP contribution < -0.4 is 5.32 Å². The monoisotopic (exact) mass is 225 g/mol. The Labute approximate surface area is 95.6 Å².